The maximum atomic E-state index is 15.2. The van der Waals surface area contributed by atoms with Gasteiger partial charge in [0.1, 0.15) is 23.6 Å². The zero-order valence-corrected chi connectivity index (χ0v) is 21.1. The molecule has 3 aromatic heterocycles. The molecule has 0 saturated carbocycles. The highest BCUT2D eigenvalue weighted by atomic mass is 19.1. The van der Waals surface area contributed by atoms with Crippen molar-refractivity contribution in [3.63, 3.8) is 0 Å². The largest absolute Gasteiger partial charge is 0.345 e. The molecule has 4 heterocycles. The number of hydrogen-bond donors (Lipinski definition) is 1. The number of fused-ring (bicyclic) bond motifs is 1. The van der Waals surface area contributed by atoms with Crippen LogP contribution in [0.15, 0.2) is 35.2 Å². The van der Waals surface area contributed by atoms with Crippen LogP contribution in [0.2, 0.25) is 0 Å². The van der Waals surface area contributed by atoms with Crippen LogP contribution in [0.25, 0.3) is 11.0 Å². The minimum absolute atomic E-state index is 0.00607. The van der Waals surface area contributed by atoms with Crippen LogP contribution >= 0.6 is 0 Å². The normalized spacial score (nSPS) is 14.5. The van der Waals surface area contributed by atoms with E-state index in [4.69, 9.17) is 4.52 Å². The van der Waals surface area contributed by atoms with E-state index in [-0.39, 0.29) is 40.3 Å². The molecule has 10 nitrogen and oxygen atoms in total. The van der Waals surface area contributed by atoms with Crippen LogP contribution in [0.5, 0.6) is 0 Å². The van der Waals surface area contributed by atoms with Gasteiger partial charge in [0.25, 0.3) is 5.91 Å². The van der Waals surface area contributed by atoms with Crippen molar-refractivity contribution >= 4 is 34.5 Å². The first-order valence-electron chi connectivity index (χ1n) is 12.1. The zero-order valence-electron chi connectivity index (χ0n) is 21.1. The Morgan fingerprint density at radius 2 is 1.92 bits per heavy atom. The van der Waals surface area contributed by atoms with E-state index in [9.17, 15) is 9.18 Å². The van der Waals surface area contributed by atoms with Gasteiger partial charge in [-0.3, -0.25) is 4.79 Å². The molecular formula is C25H28F2N8O2. The summed E-state index contributed by atoms with van der Waals surface area (Å²) in [5.74, 6) is -0.464. The first-order valence-corrected chi connectivity index (χ1v) is 12.1. The predicted molar refractivity (Wildman–Crippen MR) is 134 cm³/mol. The molecule has 5 rings (SSSR count). The Morgan fingerprint density at radius 1 is 1.16 bits per heavy atom. The number of carbonyl (C=O) groups excluding carboxylic acids is 1. The fourth-order valence-corrected chi connectivity index (χ4v) is 4.47. The van der Waals surface area contributed by atoms with Crippen molar-refractivity contribution in [2.24, 2.45) is 0 Å². The van der Waals surface area contributed by atoms with E-state index in [2.05, 4.69) is 25.4 Å². The third-order valence-corrected chi connectivity index (χ3v) is 6.51. The first kappa shape index (κ1) is 24.6. The molecule has 194 valence electrons. The van der Waals surface area contributed by atoms with E-state index in [1.165, 1.54) is 29.6 Å². The number of hydrogen-bond acceptors (Lipinski definition) is 8. The third-order valence-electron chi connectivity index (χ3n) is 6.51. The molecule has 0 aliphatic carbocycles. The number of amides is 1. The number of rotatable bonds is 6. The molecule has 1 fully saturated rings. The van der Waals surface area contributed by atoms with Gasteiger partial charge in [0.15, 0.2) is 11.6 Å². The van der Waals surface area contributed by atoms with E-state index in [0.29, 0.717) is 30.6 Å². The standard InChI is InChI=1S/C25H28F2N8O2/c1-14(2)21-31-25(37-32-21)34-9-7-16(8-10-34)35-12-18(27)20-22(28-13-29-23(20)35)30-19-6-5-15(11-17(19)26)24(36)33(3)4/h5-6,11-14,16H,7-10H2,1-4H3,(H,28,29,30). The third kappa shape index (κ3) is 4.70. The molecule has 0 radical (unpaired) electrons. The van der Waals surface area contributed by atoms with Crippen molar-refractivity contribution < 1.29 is 18.1 Å². The van der Waals surface area contributed by atoms with Gasteiger partial charge >= 0.3 is 6.01 Å². The Bertz CT molecular complexity index is 1440. The topological polar surface area (TPSA) is 105 Å². The van der Waals surface area contributed by atoms with Crippen molar-refractivity contribution in [2.45, 2.75) is 38.6 Å². The number of carbonyl (C=O) groups is 1. The van der Waals surface area contributed by atoms with Crippen LogP contribution < -0.4 is 10.2 Å². The SMILES string of the molecule is CC(C)c1noc(N2CCC(n3cc(F)c4c(Nc5ccc(C(=O)N(C)C)cc5F)ncnc43)CC2)n1. The van der Waals surface area contributed by atoms with E-state index >= 15 is 4.39 Å². The average molecular weight is 511 g/mol. The molecule has 37 heavy (non-hydrogen) atoms. The van der Waals surface area contributed by atoms with E-state index < -0.39 is 11.6 Å². The Kier molecular flexibility index (Phi) is 6.48. The lowest BCUT2D eigenvalue weighted by Gasteiger charge is -2.31. The lowest BCUT2D eigenvalue weighted by atomic mass is 10.1. The molecule has 1 N–H and O–H groups in total. The van der Waals surface area contributed by atoms with Crippen molar-refractivity contribution in [1.29, 1.82) is 0 Å². The fraction of sp³-hybridized carbons (Fsp3) is 0.400. The maximum Gasteiger partial charge on any atom is 0.324 e. The van der Waals surface area contributed by atoms with E-state index in [1.54, 1.807) is 14.1 Å². The van der Waals surface area contributed by atoms with Crippen LogP contribution in [0.1, 0.15) is 54.8 Å². The van der Waals surface area contributed by atoms with E-state index in [1.807, 2.05) is 23.3 Å². The minimum Gasteiger partial charge on any atom is -0.345 e. The summed E-state index contributed by atoms with van der Waals surface area (Å²) >= 11 is 0. The summed E-state index contributed by atoms with van der Waals surface area (Å²) in [5.41, 5.74) is 0.717. The van der Waals surface area contributed by atoms with Crippen LogP contribution in [-0.4, -0.2) is 62.7 Å². The summed E-state index contributed by atoms with van der Waals surface area (Å²) in [4.78, 5) is 28.5. The lowest BCUT2D eigenvalue weighted by molar-refractivity contribution is 0.0827. The van der Waals surface area contributed by atoms with Gasteiger partial charge in [-0.1, -0.05) is 19.0 Å². The van der Waals surface area contributed by atoms with Gasteiger partial charge in [-0.15, -0.1) is 0 Å². The van der Waals surface area contributed by atoms with Crippen LogP contribution in [0.3, 0.4) is 0 Å². The summed E-state index contributed by atoms with van der Waals surface area (Å²) in [7, 11) is 3.18. The highest BCUT2D eigenvalue weighted by Crippen LogP contribution is 2.34. The molecule has 12 heteroatoms. The highest BCUT2D eigenvalue weighted by molar-refractivity contribution is 5.95. The van der Waals surface area contributed by atoms with Gasteiger partial charge in [-0.25, -0.2) is 18.7 Å². The first-order chi connectivity index (χ1) is 17.7. The summed E-state index contributed by atoms with van der Waals surface area (Å²) in [6.07, 6.45) is 4.20. The monoisotopic (exact) mass is 510 g/mol. The summed E-state index contributed by atoms with van der Waals surface area (Å²) in [5, 5.41) is 7.08. The number of nitrogens with one attached hydrogen (secondary N) is 1. The molecule has 1 aliphatic heterocycles. The summed E-state index contributed by atoms with van der Waals surface area (Å²) in [6.45, 7) is 5.36. The summed E-state index contributed by atoms with van der Waals surface area (Å²) in [6, 6.07) is 4.60. The molecule has 0 spiro atoms. The lowest BCUT2D eigenvalue weighted by Crippen LogP contribution is -2.34. The fourth-order valence-electron chi connectivity index (χ4n) is 4.47. The van der Waals surface area contributed by atoms with Crippen LogP contribution in [0.4, 0.5) is 26.3 Å². The Balaban J connectivity index is 1.36. The minimum atomic E-state index is -0.645. The van der Waals surface area contributed by atoms with Crippen molar-refractivity contribution in [2.75, 3.05) is 37.4 Å². The van der Waals surface area contributed by atoms with Gasteiger partial charge in [-0.05, 0) is 31.0 Å². The molecule has 1 aliphatic rings. The Labute approximate surface area is 212 Å². The van der Waals surface area contributed by atoms with Gasteiger partial charge in [0.2, 0.25) is 0 Å². The van der Waals surface area contributed by atoms with Gasteiger partial charge < -0.3 is 24.2 Å². The molecule has 0 bridgehead atoms. The number of aromatic nitrogens is 5. The van der Waals surface area contributed by atoms with Crippen LogP contribution in [0, 0.1) is 11.6 Å². The van der Waals surface area contributed by atoms with Crippen molar-refractivity contribution in [1.82, 2.24) is 29.6 Å². The van der Waals surface area contributed by atoms with E-state index in [0.717, 1.165) is 18.9 Å². The molecule has 1 saturated heterocycles. The zero-order chi connectivity index (χ0) is 26.3. The number of anilines is 3. The number of piperidine rings is 1. The van der Waals surface area contributed by atoms with Gasteiger partial charge in [-0.2, -0.15) is 4.98 Å². The second kappa shape index (κ2) is 9.75. The Morgan fingerprint density at radius 3 is 2.57 bits per heavy atom. The molecule has 0 unspecified atom stereocenters. The quantitative estimate of drug-likeness (QED) is 0.404. The smallest absolute Gasteiger partial charge is 0.324 e. The molecule has 4 aromatic rings. The van der Waals surface area contributed by atoms with Crippen LogP contribution in [-0.2, 0) is 0 Å². The van der Waals surface area contributed by atoms with Crippen molar-refractivity contribution in [3.8, 4) is 0 Å². The predicted octanol–water partition coefficient (Wildman–Crippen LogP) is 4.50. The second-order valence-corrected chi connectivity index (χ2v) is 9.63. The Hall–Kier alpha value is -4.09. The highest BCUT2D eigenvalue weighted by Gasteiger charge is 2.27. The van der Waals surface area contributed by atoms with Crippen molar-refractivity contribution in [3.05, 3.63) is 53.7 Å². The molecule has 1 amide bonds. The maximum absolute atomic E-state index is 15.2. The molecule has 0 atom stereocenters. The number of benzene rings is 1. The second-order valence-electron chi connectivity index (χ2n) is 9.63. The summed E-state index contributed by atoms with van der Waals surface area (Å²) < 4.78 is 37.2. The number of halogens is 2. The van der Waals surface area contributed by atoms with Gasteiger partial charge in [0.05, 0.1) is 11.1 Å². The molecule has 1 aromatic carbocycles. The average Bonchev–Trinajstić information content (AvgIpc) is 3.51. The number of nitrogens with zero attached hydrogens (tertiary/aromatic N) is 7. The van der Waals surface area contributed by atoms with Gasteiger partial charge in [0, 0.05) is 50.9 Å². The molecular weight excluding hydrogens is 482 g/mol.